The number of aliphatic hydroxyl groups is 1. The van der Waals surface area contributed by atoms with Crippen molar-refractivity contribution >= 4 is 0 Å². The van der Waals surface area contributed by atoms with Crippen molar-refractivity contribution in [2.75, 3.05) is 13.1 Å². The topological polar surface area (TPSA) is 32.3 Å². The van der Waals surface area contributed by atoms with Gasteiger partial charge in [-0.25, -0.2) is 0 Å². The molecule has 0 saturated heterocycles. The summed E-state index contributed by atoms with van der Waals surface area (Å²) in [6, 6.07) is 0. The molecule has 2 saturated carbocycles. The van der Waals surface area contributed by atoms with Gasteiger partial charge in [0.15, 0.2) is 0 Å². The Morgan fingerprint density at radius 3 is 1.03 bits per heavy atom. The first kappa shape index (κ1) is 35.1. The second-order valence-corrected chi connectivity index (χ2v) is 14.0. The molecule has 2 aliphatic rings. The Morgan fingerprint density at radius 2 is 0.692 bits per heavy atom. The van der Waals surface area contributed by atoms with Crippen molar-refractivity contribution in [2.24, 2.45) is 11.8 Å². The molecule has 0 spiro atoms. The van der Waals surface area contributed by atoms with Gasteiger partial charge in [0.2, 0.25) is 0 Å². The maximum absolute atomic E-state index is 10.9. The highest BCUT2D eigenvalue weighted by molar-refractivity contribution is 4.70. The second-order valence-electron chi connectivity index (χ2n) is 14.0. The van der Waals surface area contributed by atoms with Crippen molar-refractivity contribution in [1.29, 1.82) is 0 Å². The maximum Gasteiger partial charge on any atom is 0.0667 e. The summed E-state index contributed by atoms with van der Waals surface area (Å²) in [5, 5.41) is 14.6. The zero-order valence-corrected chi connectivity index (χ0v) is 26.7. The van der Waals surface area contributed by atoms with E-state index in [1.54, 1.807) is 0 Å². The molecule has 2 aliphatic carbocycles. The predicted molar refractivity (Wildman–Crippen MR) is 174 cm³/mol. The van der Waals surface area contributed by atoms with E-state index in [1.807, 2.05) is 0 Å². The molecule has 0 aliphatic heterocycles. The van der Waals surface area contributed by atoms with E-state index in [1.165, 1.54) is 199 Å². The van der Waals surface area contributed by atoms with Gasteiger partial charge in [0.1, 0.15) is 0 Å². The Labute approximate surface area is 246 Å². The zero-order valence-electron chi connectivity index (χ0n) is 26.7. The summed E-state index contributed by atoms with van der Waals surface area (Å²) in [6.45, 7) is 1.91. The van der Waals surface area contributed by atoms with E-state index in [0.717, 1.165) is 31.3 Å². The molecule has 0 bridgehead atoms. The van der Waals surface area contributed by atoms with Crippen LogP contribution in [-0.4, -0.2) is 24.3 Å². The molecule has 2 heteroatoms. The largest absolute Gasteiger partial charge is 0.392 e. The lowest BCUT2D eigenvalue weighted by atomic mass is 9.89. The number of hydrogen-bond donors (Lipinski definition) is 2. The van der Waals surface area contributed by atoms with Crippen LogP contribution in [0.4, 0.5) is 0 Å². The third-order valence-electron chi connectivity index (χ3n) is 10.2. The minimum absolute atomic E-state index is 0.155. The van der Waals surface area contributed by atoms with Gasteiger partial charge < -0.3 is 10.4 Å². The second kappa shape index (κ2) is 26.8. The van der Waals surface area contributed by atoms with E-state index in [0.29, 0.717) is 0 Å². The molecule has 2 nitrogen and oxygen atoms in total. The van der Waals surface area contributed by atoms with Crippen molar-refractivity contribution in [2.45, 2.75) is 212 Å². The Bertz CT molecular complexity index is 462. The van der Waals surface area contributed by atoms with Crippen LogP contribution in [0.25, 0.3) is 0 Å². The van der Waals surface area contributed by atoms with E-state index in [-0.39, 0.29) is 6.10 Å². The molecule has 232 valence electrons. The molecule has 0 heterocycles. The van der Waals surface area contributed by atoms with Crippen LogP contribution in [-0.2, 0) is 0 Å². The summed E-state index contributed by atoms with van der Waals surface area (Å²) in [5.74, 6) is 1.64. The fourth-order valence-electron chi connectivity index (χ4n) is 7.48. The Kier molecular flexibility index (Phi) is 24.1. The minimum Gasteiger partial charge on any atom is -0.392 e. The first-order valence-corrected chi connectivity index (χ1v) is 18.7. The molecule has 39 heavy (non-hydrogen) atoms. The highest BCUT2D eigenvalue weighted by Gasteiger charge is 2.15. The zero-order chi connectivity index (χ0) is 27.5. The van der Waals surface area contributed by atoms with Gasteiger partial charge >= 0.3 is 0 Å². The minimum atomic E-state index is -0.155. The quantitative estimate of drug-likeness (QED) is 0.311. The van der Waals surface area contributed by atoms with Crippen molar-refractivity contribution in [3.63, 3.8) is 0 Å². The maximum atomic E-state index is 10.9. The lowest BCUT2D eigenvalue weighted by Crippen LogP contribution is -2.30. The Balaban J connectivity index is 1.64. The lowest BCUT2D eigenvalue weighted by Gasteiger charge is -2.22. The molecule has 0 aromatic heterocycles. The van der Waals surface area contributed by atoms with Crippen LogP contribution in [0.3, 0.4) is 0 Å². The number of aliphatic hydroxyl groups excluding tert-OH is 1. The smallest absolute Gasteiger partial charge is 0.0667 e. The number of hydrogen-bond acceptors (Lipinski definition) is 2. The van der Waals surface area contributed by atoms with Gasteiger partial charge in [-0.1, -0.05) is 193 Å². The van der Waals surface area contributed by atoms with Gasteiger partial charge in [-0.05, 0) is 31.2 Å². The summed E-state index contributed by atoms with van der Waals surface area (Å²) < 4.78 is 0. The molecule has 0 radical (unpaired) electrons. The van der Waals surface area contributed by atoms with Crippen molar-refractivity contribution in [3.05, 3.63) is 0 Å². The summed E-state index contributed by atoms with van der Waals surface area (Å²) in [5.41, 5.74) is 0. The van der Waals surface area contributed by atoms with Crippen LogP contribution >= 0.6 is 0 Å². The SMILES string of the molecule is OC(CNCCC1CCCCCCCCCCCCCCC1)CC1CCCCCCCCCCCCCCC1. The van der Waals surface area contributed by atoms with Crippen LogP contribution in [0, 0.1) is 11.8 Å². The summed E-state index contributed by atoms with van der Waals surface area (Å²) in [7, 11) is 0. The van der Waals surface area contributed by atoms with Gasteiger partial charge in [-0.2, -0.15) is 0 Å². The summed E-state index contributed by atoms with van der Waals surface area (Å²) >= 11 is 0. The van der Waals surface area contributed by atoms with Gasteiger partial charge in [-0.15, -0.1) is 0 Å². The standard InChI is InChI=1S/C37H73NO/c39-37(33-36-29-25-21-17-13-9-5-2-6-10-14-18-22-26-30-36)34-38-32-31-35-27-23-19-15-11-7-3-1-4-8-12-16-20-24-28-35/h35-39H,1-34H2. The average Bonchev–Trinajstić information content (AvgIpc) is 2.93. The molecule has 1 unspecified atom stereocenters. The highest BCUT2D eigenvalue weighted by atomic mass is 16.3. The summed E-state index contributed by atoms with van der Waals surface area (Å²) in [4.78, 5) is 0. The van der Waals surface area contributed by atoms with E-state index in [4.69, 9.17) is 0 Å². The van der Waals surface area contributed by atoms with E-state index in [9.17, 15) is 5.11 Å². The highest BCUT2D eigenvalue weighted by Crippen LogP contribution is 2.25. The van der Waals surface area contributed by atoms with Crippen molar-refractivity contribution in [1.82, 2.24) is 5.32 Å². The molecule has 0 amide bonds. The van der Waals surface area contributed by atoms with Crippen LogP contribution in [0.5, 0.6) is 0 Å². The molecule has 0 aromatic carbocycles. The van der Waals surface area contributed by atoms with Gasteiger partial charge in [0.05, 0.1) is 6.10 Å². The Morgan fingerprint density at radius 1 is 0.410 bits per heavy atom. The first-order valence-electron chi connectivity index (χ1n) is 18.7. The van der Waals surface area contributed by atoms with Crippen LogP contribution in [0.1, 0.15) is 205 Å². The normalized spacial score (nSPS) is 24.2. The molecular weight excluding hydrogens is 474 g/mol. The molecule has 2 rings (SSSR count). The van der Waals surface area contributed by atoms with Gasteiger partial charge in [0.25, 0.3) is 0 Å². The molecule has 1 atom stereocenters. The number of rotatable bonds is 7. The fraction of sp³-hybridized carbons (Fsp3) is 1.00. The van der Waals surface area contributed by atoms with Crippen LogP contribution < -0.4 is 5.32 Å². The van der Waals surface area contributed by atoms with Gasteiger partial charge in [-0.3, -0.25) is 0 Å². The average molecular weight is 548 g/mol. The van der Waals surface area contributed by atoms with E-state index < -0.39 is 0 Å². The van der Waals surface area contributed by atoms with Gasteiger partial charge in [0, 0.05) is 6.54 Å². The predicted octanol–water partition coefficient (Wildman–Crippen LogP) is 11.7. The van der Waals surface area contributed by atoms with Crippen molar-refractivity contribution < 1.29 is 5.11 Å². The van der Waals surface area contributed by atoms with E-state index >= 15 is 0 Å². The monoisotopic (exact) mass is 548 g/mol. The first-order chi connectivity index (χ1) is 19.3. The third kappa shape index (κ3) is 22.2. The van der Waals surface area contributed by atoms with E-state index in [2.05, 4.69) is 5.32 Å². The summed E-state index contributed by atoms with van der Waals surface area (Å²) in [6.07, 6.45) is 45.3. The Hall–Kier alpha value is -0.0800. The molecule has 2 N–H and O–H groups in total. The molecule has 0 aromatic rings. The molecular formula is C37H73NO. The van der Waals surface area contributed by atoms with Crippen LogP contribution in [0.2, 0.25) is 0 Å². The number of nitrogens with one attached hydrogen (secondary N) is 1. The van der Waals surface area contributed by atoms with Crippen molar-refractivity contribution in [3.8, 4) is 0 Å². The lowest BCUT2D eigenvalue weighted by molar-refractivity contribution is 0.132. The molecule has 2 fully saturated rings. The fourth-order valence-corrected chi connectivity index (χ4v) is 7.48. The third-order valence-corrected chi connectivity index (χ3v) is 10.2. The van der Waals surface area contributed by atoms with Crippen LogP contribution in [0.15, 0.2) is 0 Å².